The molecule has 0 spiro atoms. The number of hydrogen-bond donors (Lipinski definition) is 3. The number of rotatable bonds is 3. The minimum atomic E-state index is -5.26. The summed E-state index contributed by atoms with van der Waals surface area (Å²) in [7, 11) is 0. The minimum absolute atomic E-state index is 0.000218. The fraction of sp³-hybridized carbons (Fsp3) is 0.263. The van der Waals surface area contributed by atoms with Gasteiger partial charge in [0.05, 0.1) is 6.04 Å². The Morgan fingerprint density at radius 3 is 2.22 bits per heavy atom. The molecule has 1 aliphatic rings. The van der Waals surface area contributed by atoms with E-state index in [0.717, 1.165) is 5.56 Å². The lowest BCUT2D eigenvalue weighted by Crippen LogP contribution is -2.72. The Bertz CT molecular complexity index is 853. The molecule has 1 heterocycles. The summed E-state index contributed by atoms with van der Waals surface area (Å²) in [5.74, 6) is -2.95. The Hall–Kier alpha value is -2.87. The van der Waals surface area contributed by atoms with E-state index in [1.807, 2.05) is 0 Å². The third-order valence-electron chi connectivity index (χ3n) is 4.58. The predicted octanol–water partition coefficient (Wildman–Crippen LogP) is 3.10. The molecule has 3 unspecified atom stereocenters. The number of nitrogens with one attached hydrogen (secondary N) is 2. The number of urea groups is 1. The molecule has 3 atom stereocenters. The van der Waals surface area contributed by atoms with E-state index in [9.17, 15) is 27.9 Å². The van der Waals surface area contributed by atoms with Gasteiger partial charge in [0.1, 0.15) is 5.92 Å². The van der Waals surface area contributed by atoms with Crippen LogP contribution in [0.25, 0.3) is 0 Å². The highest BCUT2D eigenvalue weighted by Crippen LogP contribution is 2.43. The molecule has 0 radical (unpaired) electrons. The van der Waals surface area contributed by atoms with Gasteiger partial charge >= 0.3 is 12.2 Å². The second kappa shape index (κ2) is 6.70. The number of carbonyl (C=O) groups excluding carboxylic acids is 2. The van der Waals surface area contributed by atoms with Crippen LogP contribution in [0.4, 0.5) is 18.0 Å². The van der Waals surface area contributed by atoms with Gasteiger partial charge in [-0.05, 0) is 12.5 Å². The van der Waals surface area contributed by atoms with Gasteiger partial charge in [-0.15, -0.1) is 0 Å². The summed E-state index contributed by atoms with van der Waals surface area (Å²) in [6.07, 6.45) is -5.26. The first-order chi connectivity index (χ1) is 12.6. The van der Waals surface area contributed by atoms with Crippen LogP contribution in [0.15, 0.2) is 54.6 Å². The number of aryl methyl sites for hydroxylation is 1. The van der Waals surface area contributed by atoms with Crippen LogP contribution in [0.2, 0.25) is 0 Å². The van der Waals surface area contributed by atoms with Crippen molar-refractivity contribution in [3.63, 3.8) is 0 Å². The van der Waals surface area contributed by atoms with Gasteiger partial charge in [0.2, 0.25) is 5.72 Å². The van der Waals surface area contributed by atoms with Crippen LogP contribution in [-0.4, -0.2) is 28.8 Å². The van der Waals surface area contributed by atoms with Crippen LogP contribution in [0, 0.1) is 12.8 Å². The molecule has 2 aromatic rings. The molecule has 5 nitrogen and oxygen atoms in total. The van der Waals surface area contributed by atoms with Crippen LogP contribution in [0.5, 0.6) is 0 Å². The molecular weight excluding hydrogens is 361 g/mol. The fourth-order valence-corrected chi connectivity index (χ4v) is 3.17. The topological polar surface area (TPSA) is 78.4 Å². The summed E-state index contributed by atoms with van der Waals surface area (Å²) in [6.45, 7) is 1.80. The molecule has 8 heteroatoms. The normalized spacial score (nSPS) is 25.4. The lowest BCUT2D eigenvalue weighted by atomic mass is 9.77. The van der Waals surface area contributed by atoms with Crippen molar-refractivity contribution in [2.75, 3.05) is 0 Å². The number of amides is 2. The number of ketones is 1. The largest absolute Gasteiger partial charge is 0.437 e. The van der Waals surface area contributed by atoms with Crippen molar-refractivity contribution in [1.82, 2.24) is 10.6 Å². The molecule has 0 bridgehead atoms. The lowest BCUT2D eigenvalue weighted by Gasteiger charge is -2.45. The van der Waals surface area contributed by atoms with E-state index in [2.05, 4.69) is 5.32 Å². The summed E-state index contributed by atoms with van der Waals surface area (Å²) in [5.41, 5.74) is -2.57. The van der Waals surface area contributed by atoms with Crippen molar-refractivity contribution < 1.29 is 27.9 Å². The van der Waals surface area contributed by atoms with Gasteiger partial charge in [-0.1, -0.05) is 60.2 Å². The zero-order chi connectivity index (χ0) is 19.8. The van der Waals surface area contributed by atoms with Gasteiger partial charge in [-0.2, -0.15) is 13.2 Å². The Kier molecular flexibility index (Phi) is 4.69. The summed E-state index contributed by atoms with van der Waals surface area (Å²) in [6, 6.07) is 11.1. The van der Waals surface area contributed by atoms with Gasteiger partial charge in [-0.25, -0.2) is 4.79 Å². The number of halogens is 3. The molecule has 1 fully saturated rings. The van der Waals surface area contributed by atoms with E-state index in [1.165, 1.54) is 41.7 Å². The maximum absolute atomic E-state index is 13.7. The first-order valence-corrected chi connectivity index (χ1v) is 8.17. The first-order valence-electron chi connectivity index (χ1n) is 8.17. The highest BCUT2D eigenvalue weighted by molar-refractivity contribution is 6.00. The fourth-order valence-electron chi connectivity index (χ4n) is 3.17. The Morgan fingerprint density at radius 2 is 1.67 bits per heavy atom. The van der Waals surface area contributed by atoms with Crippen molar-refractivity contribution in [2.24, 2.45) is 5.92 Å². The van der Waals surface area contributed by atoms with Gasteiger partial charge < -0.3 is 15.7 Å². The molecule has 1 saturated heterocycles. The van der Waals surface area contributed by atoms with Crippen LogP contribution in [0.3, 0.4) is 0 Å². The number of aliphatic hydroxyl groups is 1. The molecule has 3 rings (SSSR count). The predicted molar refractivity (Wildman–Crippen MR) is 90.9 cm³/mol. The smallest absolute Gasteiger partial charge is 0.363 e. The number of Topliss-reactive ketones (excluding diaryl/α,β-unsaturated/α-hetero) is 1. The quantitative estimate of drug-likeness (QED) is 0.719. The van der Waals surface area contributed by atoms with Crippen LogP contribution in [0.1, 0.15) is 27.5 Å². The standard InChI is InChI=1S/C19H17F3N2O3/c1-11-7-9-12(10-8-11)15-14(16(25)13-5-3-2-4-6-13)18(27,19(20,21)22)24-17(26)23-15/h2-10,14-15,27H,1H3,(H2,23,24,26). The summed E-state index contributed by atoms with van der Waals surface area (Å²) in [4.78, 5) is 24.9. The Morgan fingerprint density at radius 1 is 1.07 bits per heavy atom. The van der Waals surface area contributed by atoms with Crippen molar-refractivity contribution in [3.05, 3.63) is 71.3 Å². The monoisotopic (exact) mass is 378 g/mol. The third kappa shape index (κ3) is 3.40. The maximum atomic E-state index is 13.7. The highest BCUT2D eigenvalue weighted by atomic mass is 19.4. The van der Waals surface area contributed by atoms with E-state index in [-0.39, 0.29) is 11.1 Å². The van der Waals surface area contributed by atoms with Crippen molar-refractivity contribution >= 4 is 11.8 Å². The van der Waals surface area contributed by atoms with Crippen LogP contribution < -0.4 is 10.6 Å². The summed E-state index contributed by atoms with van der Waals surface area (Å²) >= 11 is 0. The minimum Gasteiger partial charge on any atom is -0.363 e. The van der Waals surface area contributed by atoms with E-state index >= 15 is 0 Å². The van der Waals surface area contributed by atoms with E-state index in [4.69, 9.17) is 0 Å². The van der Waals surface area contributed by atoms with E-state index < -0.39 is 35.7 Å². The lowest BCUT2D eigenvalue weighted by molar-refractivity contribution is -0.287. The second-order valence-corrected chi connectivity index (χ2v) is 6.46. The zero-order valence-corrected chi connectivity index (χ0v) is 14.2. The SMILES string of the molecule is Cc1ccc(C2NC(=O)NC(O)(C(F)(F)F)C2C(=O)c2ccccc2)cc1. The first kappa shape index (κ1) is 18.9. The van der Waals surface area contributed by atoms with Gasteiger partial charge in [-0.3, -0.25) is 4.79 Å². The zero-order valence-electron chi connectivity index (χ0n) is 14.2. The highest BCUT2D eigenvalue weighted by Gasteiger charge is 2.66. The number of alkyl halides is 3. The maximum Gasteiger partial charge on any atom is 0.437 e. The molecule has 0 aromatic heterocycles. The molecule has 142 valence electrons. The van der Waals surface area contributed by atoms with E-state index in [0.29, 0.717) is 0 Å². The van der Waals surface area contributed by atoms with Crippen LogP contribution in [-0.2, 0) is 0 Å². The van der Waals surface area contributed by atoms with Gasteiger partial charge in [0, 0.05) is 5.56 Å². The molecule has 2 aromatic carbocycles. The van der Waals surface area contributed by atoms with Crippen molar-refractivity contribution in [2.45, 2.75) is 24.9 Å². The average Bonchev–Trinajstić information content (AvgIpc) is 2.61. The molecule has 3 N–H and O–H groups in total. The van der Waals surface area contributed by atoms with Crippen molar-refractivity contribution in [1.29, 1.82) is 0 Å². The second-order valence-electron chi connectivity index (χ2n) is 6.46. The number of hydrogen-bond acceptors (Lipinski definition) is 3. The number of carbonyl (C=O) groups is 2. The third-order valence-corrected chi connectivity index (χ3v) is 4.58. The summed E-state index contributed by atoms with van der Waals surface area (Å²) < 4.78 is 41.2. The molecular formula is C19H17F3N2O3. The Labute approximate surface area is 153 Å². The van der Waals surface area contributed by atoms with Gasteiger partial charge in [0.25, 0.3) is 0 Å². The molecule has 0 aliphatic carbocycles. The average molecular weight is 378 g/mol. The summed E-state index contributed by atoms with van der Waals surface area (Å²) in [5, 5.41) is 14.3. The number of benzene rings is 2. The molecule has 0 saturated carbocycles. The molecule has 27 heavy (non-hydrogen) atoms. The van der Waals surface area contributed by atoms with E-state index in [1.54, 1.807) is 25.1 Å². The molecule has 1 aliphatic heterocycles. The van der Waals surface area contributed by atoms with Crippen molar-refractivity contribution in [3.8, 4) is 0 Å². The van der Waals surface area contributed by atoms with Gasteiger partial charge in [0.15, 0.2) is 5.78 Å². The van der Waals surface area contributed by atoms with Crippen LogP contribution >= 0.6 is 0 Å². The molecule has 2 amide bonds. The Balaban J connectivity index is 2.15.